The van der Waals surface area contributed by atoms with Crippen LogP contribution < -0.4 is 5.32 Å². The third-order valence-electron chi connectivity index (χ3n) is 3.62. The Labute approximate surface area is 119 Å². The van der Waals surface area contributed by atoms with E-state index in [0.717, 1.165) is 26.1 Å². The number of rotatable bonds is 6. The van der Waals surface area contributed by atoms with Crippen LogP contribution >= 0.6 is 0 Å². The molecule has 0 saturated heterocycles. The van der Waals surface area contributed by atoms with Crippen molar-refractivity contribution in [1.29, 1.82) is 0 Å². The van der Waals surface area contributed by atoms with Crippen LogP contribution in [0.5, 0.6) is 0 Å². The Morgan fingerprint density at radius 3 is 3.00 bits per heavy atom. The van der Waals surface area contributed by atoms with Gasteiger partial charge < -0.3 is 14.5 Å². The lowest BCUT2D eigenvalue weighted by Crippen LogP contribution is -2.16. The first-order valence-corrected chi connectivity index (χ1v) is 7.04. The Bertz CT molecular complexity index is 667. The SMILES string of the molecule is Cn1cc(CNCCCn2ccnc2)c2ccccc21. The van der Waals surface area contributed by atoms with Crippen LogP contribution in [0.1, 0.15) is 12.0 Å². The van der Waals surface area contributed by atoms with Crippen molar-refractivity contribution in [3.8, 4) is 0 Å². The molecule has 1 aromatic carbocycles. The first-order chi connectivity index (χ1) is 9.84. The first kappa shape index (κ1) is 12.9. The van der Waals surface area contributed by atoms with Crippen LogP contribution in [-0.4, -0.2) is 20.7 Å². The highest BCUT2D eigenvalue weighted by molar-refractivity contribution is 5.83. The van der Waals surface area contributed by atoms with E-state index >= 15 is 0 Å². The number of aryl methyl sites for hydroxylation is 2. The predicted molar refractivity (Wildman–Crippen MR) is 81.5 cm³/mol. The van der Waals surface area contributed by atoms with Crippen LogP contribution in [0.4, 0.5) is 0 Å². The van der Waals surface area contributed by atoms with Gasteiger partial charge in [0.2, 0.25) is 0 Å². The molecule has 0 atom stereocenters. The van der Waals surface area contributed by atoms with Crippen LogP contribution in [0.2, 0.25) is 0 Å². The summed E-state index contributed by atoms with van der Waals surface area (Å²) in [6.45, 7) is 2.95. The van der Waals surface area contributed by atoms with Crippen LogP contribution in [0, 0.1) is 0 Å². The maximum Gasteiger partial charge on any atom is 0.0945 e. The molecule has 0 unspecified atom stereocenters. The highest BCUT2D eigenvalue weighted by Gasteiger charge is 2.04. The molecule has 0 spiro atoms. The zero-order valence-electron chi connectivity index (χ0n) is 11.8. The minimum atomic E-state index is 0.922. The van der Waals surface area contributed by atoms with E-state index in [2.05, 4.69) is 56.9 Å². The number of hydrogen-bond acceptors (Lipinski definition) is 2. The molecular weight excluding hydrogens is 248 g/mol. The summed E-state index contributed by atoms with van der Waals surface area (Å²) in [6, 6.07) is 8.55. The monoisotopic (exact) mass is 268 g/mol. The van der Waals surface area contributed by atoms with Crippen LogP contribution in [0.25, 0.3) is 10.9 Å². The quantitative estimate of drug-likeness (QED) is 0.697. The van der Waals surface area contributed by atoms with Gasteiger partial charge in [-0.05, 0) is 24.6 Å². The molecule has 20 heavy (non-hydrogen) atoms. The number of imidazole rings is 1. The normalized spacial score (nSPS) is 11.2. The molecule has 0 bridgehead atoms. The summed E-state index contributed by atoms with van der Waals surface area (Å²) in [5.74, 6) is 0. The van der Waals surface area contributed by atoms with Crippen molar-refractivity contribution in [2.45, 2.75) is 19.5 Å². The van der Waals surface area contributed by atoms with E-state index in [4.69, 9.17) is 0 Å². The summed E-state index contributed by atoms with van der Waals surface area (Å²) < 4.78 is 4.30. The van der Waals surface area contributed by atoms with Gasteiger partial charge in [-0.25, -0.2) is 4.98 Å². The molecule has 0 amide bonds. The van der Waals surface area contributed by atoms with Crippen molar-refractivity contribution < 1.29 is 0 Å². The van der Waals surface area contributed by atoms with Crippen molar-refractivity contribution in [1.82, 2.24) is 19.4 Å². The summed E-state index contributed by atoms with van der Waals surface area (Å²) in [4.78, 5) is 4.05. The molecule has 0 aliphatic rings. The average molecular weight is 268 g/mol. The van der Waals surface area contributed by atoms with Gasteiger partial charge in [-0.2, -0.15) is 0 Å². The molecule has 1 N–H and O–H groups in total. The lowest BCUT2D eigenvalue weighted by Gasteiger charge is -2.04. The first-order valence-electron chi connectivity index (χ1n) is 7.04. The van der Waals surface area contributed by atoms with E-state index in [1.807, 2.05) is 18.7 Å². The lowest BCUT2D eigenvalue weighted by molar-refractivity contribution is 0.581. The van der Waals surface area contributed by atoms with Gasteiger partial charge in [-0.15, -0.1) is 0 Å². The fraction of sp³-hybridized carbons (Fsp3) is 0.312. The van der Waals surface area contributed by atoms with Crippen LogP contribution in [0.15, 0.2) is 49.2 Å². The fourth-order valence-corrected chi connectivity index (χ4v) is 2.60. The zero-order valence-corrected chi connectivity index (χ0v) is 11.8. The summed E-state index contributed by atoms with van der Waals surface area (Å²) in [5, 5.41) is 4.87. The van der Waals surface area contributed by atoms with Gasteiger partial charge >= 0.3 is 0 Å². The van der Waals surface area contributed by atoms with Gasteiger partial charge in [-0.1, -0.05) is 18.2 Å². The summed E-state index contributed by atoms with van der Waals surface area (Å²) in [5.41, 5.74) is 2.66. The van der Waals surface area contributed by atoms with Crippen LogP contribution in [-0.2, 0) is 20.1 Å². The van der Waals surface area contributed by atoms with Crippen molar-refractivity contribution >= 4 is 10.9 Å². The Hall–Kier alpha value is -2.07. The Balaban J connectivity index is 1.52. The average Bonchev–Trinajstić information content (AvgIpc) is 3.08. The van der Waals surface area contributed by atoms with Crippen molar-refractivity contribution in [2.75, 3.05) is 6.54 Å². The summed E-state index contributed by atoms with van der Waals surface area (Å²) >= 11 is 0. The highest BCUT2D eigenvalue weighted by atomic mass is 15.0. The van der Waals surface area contributed by atoms with Crippen LogP contribution in [0.3, 0.4) is 0 Å². The smallest absolute Gasteiger partial charge is 0.0945 e. The summed E-state index contributed by atoms with van der Waals surface area (Å²) in [6.07, 6.45) is 9.02. The molecular formula is C16H20N4. The maximum atomic E-state index is 4.05. The van der Waals surface area contributed by atoms with Gasteiger partial charge in [0, 0.05) is 49.6 Å². The van der Waals surface area contributed by atoms with Crippen molar-refractivity contribution in [3.63, 3.8) is 0 Å². The number of hydrogen-bond donors (Lipinski definition) is 1. The third kappa shape index (κ3) is 2.75. The second kappa shape index (κ2) is 5.92. The molecule has 104 valence electrons. The van der Waals surface area contributed by atoms with Gasteiger partial charge in [0.15, 0.2) is 0 Å². The lowest BCUT2D eigenvalue weighted by atomic mass is 10.2. The van der Waals surface area contributed by atoms with E-state index in [1.165, 1.54) is 16.5 Å². The molecule has 3 aromatic rings. The predicted octanol–water partition coefficient (Wildman–Crippen LogP) is 2.55. The Morgan fingerprint density at radius 2 is 2.15 bits per heavy atom. The molecule has 0 radical (unpaired) electrons. The third-order valence-corrected chi connectivity index (χ3v) is 3.62. The number of para-hydroxylation sites is 1. The topological polar surface area (TPSA) is 34.8 Å². The van der Waals surface area contributed by atoms with Crippen molar-refractivity contribution in [2.24, 2.45) is 7.05 Å². The zero-order chi connectivity index (χ0) is 13.8. The van der Waals surface area contributed by atoms with E-state index in [1.54, 1.807) is 0 Å². The second-order valence-corrected chi connectivity index (χ2v) is 5.11. The van der Waals surface area contributed by atoms with Gasteiger partial charge in [-0.3, -0.25) is 0 Å². The van der Waals surface area contributed by atoms with Crippen molar-refractivity contribution in [3.05, 3.63) is 54.7 Å². The van der Waals surface area contributed by atoms with Gasteiger partial charge in [0.05, 0.1) is 6.33 Å². The fourth-order valence-electron chi connectivity index (χ4n) is 2.60. The molecule has 0 aliphatic heterocycles. The number of fused-ring (bicyclic) bond motifs is 1. The Morgan fingerprint density at radius 1 is 1.25 bits per heavy atom. The number of aromatic nitrogens is 3. The maximum absolute atomic E-state index is 4.05. The molecule has 2 aromatic heterocycles. The molecule has 0 fully saturated rings. The molecule has 2 heterocycles. The highest BCUT2D eigenvalue weighted by Crippen LogP contribution is 2.19. The largest absolute Gasteiger partial charge is 0.350 e. The molecule has 0 saturated carbocycles. The Kier molecular flexibility index (Phi) is 3.83. The van der Waals surface area contributed by atoms with Gasteiger partial charge in [0.25, 0.3) is 0 Å². The minimum Gasteiger partial charge on any atom is -0.350 e. The molecule has 4 heteroatoms. The van der Waals surface area contributed by atoms with E-state index in [9.17, 15) is 0 Å². The molecule has 3 rings (SSSR count). The molecule has 0 aliphatic carbocycles. The van der Waals surface area contributed by atoms with E-state index in [0.29, 0.717) is 0 Å². The molecule has 4 nitrogen and oxygen atoms in total. The standard InChI is InChI=1S/C16H20N4/c1-19-12-14(15-5-2-3-6-16(15)19)11-17-7-4-9-20-10-8-18-13-20/h2-3,5-6,8,10,12-13,17H,4,7,9,11H2,1H3. The number of benzene rings is 1. The van der Waals surface area contributed by atoms with E-state index in [-0.39, 0.29) is 0 Å². The number of nitrogens with one attached hydrogen (secondary N) is 1. The minimum absolute atomic E-state index is 0.922. The number of nitrogens with zero attached hydrogens (tertiary/aromatic N) is 3. The second-order valence-electron chi connectivity index (χ2n) is 5.11. The van der Waals surface area contributed by atoms with Gasteiger partial charge in [0.1, 0.15) is 0 Å². The summed E-state index contributed by atoms with van der Waals surface area (Å²) in [7, 11) is 2.10. The van der Waals surface area contributed by atoms with E-state index < -0.39 is 0 Å².